The Hall–Kier alpha value is -5.66. The van der Waals surface area contributed by atoms with Crippen LogP contribution in [0.25, 0.3) is 87.6 Å². The summed E-state index contributed by atoms with van der Waals surface area (Å²) in [6.07, 6.45) is 0. The molecule has 200 valence electrons. The first-order chi connectivity index (χ1) is 24.7. The van der Waals surface area contributed by atoms with Gasteiger partial charge in [0.15, 0.2) is 0 Å². The van der Waals surface area contributed by atoms with E-state index in [1.165, 1.54) is 0 Å². The van der Waals surface area contributed by atoms with Gasteiger partial charge in [0.2, 0.25) is 0 Å². The lowest BCUT2D eigenvalue weighted by Crippen LogP contribution is -1.91. The second-order valence-electron chi connectivity index (χ2n) is 10.6. The van der Waals surface area contributed by atoms with Gasteiger partial charge in [-0.3, -0.25) is 0 Å². The Kier molecular flexibility index (Phi) is 3.80. The molecule has 0 N–H and O–H groups in total. The lowest BCUT2D eigenvalue weighted by molar-refractivity contribution is 0.670. The second kappa shape index (κ2) is 9.44. The van der Waals surface area contributed by atoms with Gasteiger partial charge in [-0.05, 0) is 66.2 Å². The van der Waals surface area contributed by atoms with Gasteiger partial charge in [-0.1, -0.05) is 151 Å². The van der Waals surface area contributed by atoms with Gasteiger partial charge in [-0.25, -0.2) is 0 Å². The molecule has 0 atom stereocenters. The van der Waals surface area contributed by atoms with Crippen LogP contribution in [0.2, 0.25) is 0 Å². The Morgan fingerprint density at radius 3 is 1.67 bits per heavy atom. The Labute approximate surface area is 260 Å². The van der Waals surface area contributed by atoms with Gasteiger partial charge < -0.3 is 4.42 Å². The molecular weight excluding hydrogens is 520 g/mol. The summed E-state index contributed by atoms with van der Waals surface area (Å²) >= 11 is 0. The molecule has 0 bridgehead atoms. The summed E-state index contributed by atoms with van der Waals surface area (Å²) in [6, 6.07) is 31.8. The number of hydrogen-bond acceptors (Lipinski definition) is 1. The number of benzene rings is 8. The molecule has 0 unspecified atom stereocenters. The average molecular weight is 555 g/mol. The third-order valence-corrected chi connectivity index (χ3v) is 8.32. The summed E-state index contributed by atoms with van der Waals surface area (Å²) in [5, 5.41) is 4.44. The summed E-state index contributed by atoms with van der Waals surface area (Å²) in [5.74, 6) is 0. The number of fused-ring (bicyclic) bond motifs is 6. The number of rotatable bonds is 3. The van der Waals surface area contributed by atoms with Crippen molar-refractivity contribution in [2.24, 2.45) is 0 Å². The van der Waals surface area contributed by atoms with Crippen LogP contribution in [0.1, 0.15) is 11.0 Å². The first-order valence-corrected chi connectivity index (χ1v) is 14.1. The van der Waals surface area contributed by atoms with Gasteiger partial charge in [-0.2, -0.15) is 0 Å². The van der Waals surface area contributed by atoms with Gasteiger partial charge in [0, 0.05) is 16.3 Å². The zero-order valence-corrected chi connectivity index (χ0v) is 22.8. The van der Waals surface area contributed by atoms with Crippen molar-refractivity contribution in [3.63, 3.8) is 0 Å². The molecule has 9 aromatic rings. The minimum Gasteiger partial charge on any atom is -0.455 e. The molecule has 0 aliphatic rings. The van der Waals surface area contributed by atoms with Crippen LogP contribution in [-0.4, -0.2) is 0 Å². The first-order valence-electron chi connectivity index (χ1n) is 18.1. The molecule has 8 aromatic carbocycles. The van der Waals surface area contributed by atoms with E-state index in [0.717, 1.165) is 43.8 Å². The normalized spacial score (nSPS) is 14.3. The molecule has 0 fully saturated rings. The molecule has 0 saturated heterocycles. The molecule has 1 heteroatoms. The molecule has 1 heterocycles. The van der Waals surface area contributed by atoms with Crippen LogP contribution in [-0.2, 0) is 0 Å². The van der Waals surface area contributed by atoms with E-state index < -0.39 is 24.2 Å². The summed E-state index contributed by atoms with van der Waals surface area (Å²) < 4.78 is 78.2. The number of furan rings is 1. The standard InChI is InChI=1S/C42H26O/c1-2-13-30-27(11-1)12-9-20-33(30)41-36-17-5-3-15-34(36)40(35-16-4-6-18-37(35)41)29-25-23-28(24-26-29)31-19-10-21-38-32-14-7-8-22-39(32)43-42(31)38/h1-26H/i3D,4D,5D,6D,15D,16D,17D,18D. The topological polar surface area (TPSA) is 13.1 Å². The maximum Gasteiger partial charge on any atom is 0.143 e. The molecular formula is C42H26O. The van der Waals surface area contributed by atoms with E-state index in [-0.39, 0.29) is 45.7 Å². The molecule has 1 nitrogen and oxygen atoms in total. The van der Waals surface area contributed by atoms with Gasteiger partial charge in [0.1, 0.15) is 11.2 Å². The first kappa shape index (κ1) is 17.3. The van der Waals surface area contributed by atoms with Gasteiger partial charge in [0.05, 0.1) is 11.0 Å². The third-order valence-electron chi connectivity index (χ3n) is 8.32. The number of hydrogen-bond donors (Lipinski definition) is 0. The molecule has 0 saturated carbocycles. The molecule has 43 heavy (non-hydrogen) atoms. The summed E-state index contributed by atoms with van der Waals surface area (Å²) in [4.78, 5) is 0. The lowest BCUT2D eigenvalue weighted by atomic mass is 9.84. The van der Waals surface area contributed by atoms with Crippen LogP contribution in [0.5, 0.6) is 0 Å². The van der Waals surface area contributed by atoms with Crippen molar-refractivity contribution in [1.29, 1.82) is 0 Å². The highest BCUT2D eigenvalue weighted by molar-refractivity contribution is 6.23. The zero-order chi connectivity index (χ0) is 35.3. The SMILES string of the molecule is [2H]c1c([2H])c([2H])c2c(-c3cccc4ccccc34)c3c([2H])c([2H])c([2H])c([2H])c3c(-c3ccc(-c4cccc5c4oc4ccccc45)cc3)c2c1[2H]. The fraction of sp³-hybridized carbons (Fsp3) is 0. The molecule has 1 aromatic heterocycles. The van der Waals surface area contributed by atoms with Crippen LogP contribution >= 0.6 is 0 Å². The summed E-state index contributed by atoms with van der Waals surface area (Å²) in [6.45, 7) is 0. The molecule has 0 aliphatic heterocycles. The number of para-hydroxylation sites is 2. The van der Waals surface area contributed by atoms with E-state index in [1.807, 2.05) is 109 Å². The van der Waals surface area contributed by atoms with Crippen molar-refractivity contribution in [3.05, 3.63) is 158 Å². The van der Waals surface area contributed by atoms with E-state index in [9.17, 15) is 5.48 Å². The highest BCUT2D eigenvalue weighted by Gasteiger charge is 2.18. The fourth-order valence-corrected chi connectivity index (χ4v) is 6.42. The Balaban J connectivity index is 1.42. The van der Waals surface area contributed by atoms with Crippen molar-refractivity contribution in [2.75, 3.05) is 0 Å². The van der Waals surface area contributed by atoms with Crippen molar-refractivity contribution < 1.29 is 15.4 Å². The van der Waals surface area contributed by atoms with Crippen molar-refractivity contribution >= 4 is 54.3 Å². The largest absolute Gasteiger partial charge is 0.455 e. The van der Waals surface area contributed by atoms with Crippen molar-refractivity contribution in [3.8, 4) is 33.4 Å². The zero-order valence-electron chi connectivity index (χ0n) is 30.8. The van der Waals surface area contributed by atoms with Gasteiger partial charge in [0.25, 0.3) is 0 Å². The highest BCUT2D eigenvalue weighted by atomic mass is 16.3. The lowest BCUT2D eigenvalue weighted by Gasteiger charge is -2.19. The van der Waals surface area contributed by atoms with E-state index in [0.29, 0.717) is 22.3 Å². The second-order valence-corrected chi connectivity index (χ2v) is 10.6. The predicted molar refractivity (Wildman–Crippen MR) is 183 cm³/mol. The van der Waals surface area contributed by atoms with Crippen LogP contribution in [0.15, 0.2) is 162 Å². The molecule has 0 spiro atoms. The summed E-state index contributed by atoms with van der Waals surface area (Å²) in [7, 11) is 0. The van der Waals surface area contributed by atoms with Crippen LogP contribution in [0.4, 0.5) is 0 Å². The van der Waals surface area contributed by atoms with Crippen LogP contribution in [0, 0.1) is 0 Å². The quantitative estimate of drug-likeness (QED) is 0.198. The predicted octanol–water partition coefficient (Wildman–Crippen LogP) is 12.0. The van der Waals surface area contributed by atoms with E-state index in [1.54, 1.807) is 0 Å². The minimum atomic E-state index is -0.425. The van der Waals surface area contributed by atoms with Gasteiger partial charge in [-0.15, -0.1) is 0 Å². The van der Waals surface area contributed by atoms with Crippen LogP contribution in [0.3, 0.4) is 0 Å². The Morgan fingerprint density at radius 2 is 0.930 bits per heavy atom. The molecule has 0 aliphatic carbocycles. The van der Waals surface area contributed by atoms with Crippen molar-refractivity contribution in [1.82, 2.24) is 0 Å². The Morgan fingerprint density at radius 1 is 0.395 bits per heavy atom. The molecule has 0 radical (unpaired) electrons. The minimum absolute atomic E-state index is 0.189. The highest BCUT2D eigenvalue weighted by Crippen LogP contribution is 2.45. The molecule has 0 amide bonds. The third kappa shape index (κ3) is 3.65. The van der Waals surface area contributed by atoms with E-state index in [2.05, 4.69) is 0 Å². The van der Waals surface area contributed by atoms with Gasteiger partial charge >= 0.3 is 0 Å². The maximum atomic E-state index is 9.26. The van der Waals surface area contributed by atoms with Crippen molar-refractivity contribution in [2.45, 2.75) is 0 Å². The fourth-order valence-electron chi connectivity index (χ4n) is 6.42. The maximum absolute atomic E-state index is 9.26. The molecule has 9 rings (SSSR count). The Bertz CT molecular complexity index is 2860. The average Bonchev–Trinajstić information content (AvgIpc) is 3.55. The summed E-state index contributed by atoms with van der Waals surface area (Å²) in [5.41, 5.74) is 5.07. The van der Waals surface area contributed by atoms with Crippen LogP contribution < -0.4 is 0 Å². The smallest absolute Gasteiger partial charge is 0.143 e. The van der Waals surface area contributed by atoms with E-state index >= 15 is 0 Å². The van der Waals surface area contributed by atoms with E-state index in [4.69, 9.17) is 9.90 Å². The monoisotopic (exact) mass is 554 g/mol.